The SMILES string of the molecule is O=C(O)c1nc2nccc(S)n2n1. The molecule has 0 atom stereocenters. The molecule has 2 aromatic rings. The van der Waals surface area contributed by atoms with E-state index in [0.717, 1.165) is 0 Å². The number of nitrogens with zero attached hydrogens (tertiary/aromatic N) is 4. The van der Waals surface area contributed by atoms with Crippen molar-refractivity contribution >= 4 is 24.4 Å². The minimum atomic E-state index is -1.18. The summed E-state index contributed by atoms with van der Waals surface area (Å²) in [6, 6.07) is 1.59. The minimum Gasteiger partial charge on any atom is -0.475 e. The molecule has 0 aliphatic rings. The standard InChI is InChI=1S/C6H4N4O2S/c11-5(12)4-8-6-7-2-1-3(13)10(6)9-4/h1-2,13H,(H,11,12). The van der Waals surface area contributed by atoms with Crippen molar-refractivity contribution < 1.29 is 9.90 Å². The summed E-state index contributed by atoms with van der Waals surface area (Å²) in [4.78, 5) is 18.0. The van der Waals surface area contributed by atoms with E-state index >= 15 is 0 Å². The predicted octanol–water partition coefficient (Wildman–Crippen LogP) is 0.111. The fourth-order valence-corrected chi connectivity index (χ4v) is 1.07. The Labute approximate surface area is 77.7 Å². The molecule has 0 aliphatic carbocycles. The lowest BCUT2D eigenvalue weighted by Crippen LogP contribution is -1.99. The maximum absolute atomic E-state index is 10.5. The second-order valence-corrected chi connectivity index (χ2v) is 2.71. The smallest absolute Gasteiger partial charge is 0.375 e. The Hall–Kier alpha value is -1.63. The van der Waals surface area contributed by atoms with Gasteiger partial charge in [0.25, 0.3) is 11.6 Å². The molecule has 7 heteroatoms. The van der Waals surface area contributed by atoms with Crippen molar-refractivity contribution in [2.24, 2.45) is 0 Å². The molecule has 0 amide bonds. The highest BCUT2D eigenvalue weighted by Gasteiger charge is 2.11. The molecule has 6 nitrogen and oxygen atoms in total. The highest BCUT2D eigenvalue weighted by Crippen LogP contribution is 2.06. The van der Waals surface area contributed by atoms with Gasteiger partial charge in [0, 0.05) is 6.20 Å². The van der Waals surface area contributed by atoms with Crippen LogP contribution in [0.25, 0.3) is 5.78 Å². The number of hydrogen-bond acceptors (Lipinski definition) is 5. The third kappa shape index (κ3) is 1.22. The van der Waals surface area contributed by atoms with Crippen LogP contribution in [0.15, 0.2) is 17.3 Å². The zero-order valence-electron chi connectivity index (χ0n) is 6.25. The van der Waals surface area contributed by atoms with Gasteiger partial charge in [-0.15, -0.1) is 17.7 Å². The number of thiol groups is 1. The summed E-state index contributed by atoms with van der Waals surface area (Å²) in [5, 5.41) is 12.8. The van der Waals surface area contributed by atoms with Crippen LogP contribution in [0.1, 0.15) is 10.6 Å². The van der Waals surface area contributed by atoms with Crippen LogP contribution in [-0.2, 0) is 0 Å². The normalized spacial score (nSPS) is 10.5. The van der Waals surface area contributed by atoms with Gasteiger partial charge in [-0.25, -0.2) is 9.78 Å². The molecule has 0 bridgehead atoms. The van der Waals surface area contributed by atoms with Gasteiger partial charge in [0.05, 0.1) is 0 Å². The molecule has 2 aromatic heterocycles. The quantitative estimate of drug-likeness (QED) is 0.500. The highest BCUT2D eigenvalue weighted by atomic mass is 32.1. The van der Waals surface area contributed by atoms with E-state index in [9.17, 15) is 4.79 Å². The summed E-state index contributed by atoms with van der Waals surface area (Å²) in [6.45, 7) is 0. The van der Waals surface area contributed by atoms with Gasteiger partial charge in [-0.3, -0.25) is 0 Å². The molecule has 13 heavy (non-hydrogen) atoms. The van der Waals surface area contributed by atoms with Crippen molar-refractivity contribution in [3.05, 3.63) is 18.1 Å². The van der Waals surface area contributed by atoms with E-state index in [1.807, 2.05) is 0 Å². The fraction of sp³-hybridized carbons (Fsp3) is 0. The Morgan fingerprint density at radius 3 is 3.00 bits per heavy atom. The molecule has 2 heterocycles. The van der Waals surface area contributed by atoms with Crippen molar-refractivity contribution in [1.29, 1.82) is 0 Å². The average Bonchev–Trinajstić information content (AvgIpc) is 2.49. The number of carbonyl (C=O) groups is 1. The molecule has 0 saturated heterocycles. The van der Waals surface area contributed by atoms with Crippen LogP contribution in [-0.4, -0.2) is 30.7 Å². The number of carboxylic acids is 1. The van der Waals surface area contributed by atoms with Crippen LogP contribution in [0.2, 0.25) is 0 Å². The van der Waals surface area contributed by atoms with Crippen molar-refractivity contribution in [1.82, 2.24) is 19.6 Å². The van der Waals surface area contributed by atoms with Gasteiger partial charge in [0.1, 0.15) is 5.03 Å². The lowest BCUT2D eigenvalue weighted by molar-refractivity contribution is 0.0683. The Morgan fingerprint density at radius 2 is 2.38 bits per heavy atom. The summed E-state index contributed by atoms with van der Waals surface area (Å²) >= 11 is 4.06. The number of fused-ring (bicyclic) bond motifs is 1. The first kappa shape index (κ1) is 7.99. The van der Waals surface area contributed by atoms with Crippen molar-refractivity contribution in [2.45, 2.75) is 5.03 Å². The van der Waals surface area contributed by atoms with Crippen LogP contribution in [0.3, 0.4) is 0 Å². The van der Waals surface area contributed by atoms with E-state index in [4.69, 9.17) is 5.11 Å². The van der Waals surface area contributed by atoms with Crippen molar-refractivity contribution in [3.63, 3.8) is 0 Å². The van der Waals surface area contributed by atoms with Gasteiger partial charge in [-0.05, 0) is 6.07 Å². The third-order valence-electron chi connectivity index (χ3n) is 1.41. The van der Waals surface area contributed by atoms with E-state index in [-0.39, 0.29) is 11.6 Å². The van der Waals surface area contributed by atoms with E-state index in [1.54, 1.807) is 6.07 Å². The lowest BCUT2D eigenvalue weighted by atomic mass is 10.6. The number of rotatable bonds is 1. The van der Waals surface area contributed by atoms with Gasteiger partial charge in [0.15, 0.2) is 0 Å². The van der Waals surface area contributed by atoms with Crippen LogP contribution in [0.4, 0.5) is 0 Å². The molecular formula is C6H4N4O2S. The zero-order chi connectivity index (χ0) is 9.42. The predicted molar refractivity (Wildman–Crippen MR) is 45.0 cm³/mol. The zero-order valence-corrected chi connectivity index (χ0v) is 7.14. The van der Waals surface area contributed by atoms with Gasteiger partial charge in [-0.2, -0.15) is 9.50 Å². The second kappa shape index (κ2) is 2.70. The van der Waals surface area contributed by atoms with E-state index in [2.05, 4.69) is 27.7 Å². The number of hydrogen-bond donors (Lipinski definition) is 2. The maximum atomic E-state index is 10.5. The summed E-state index contributed by atoms with van der Waals surface area (Å²) in [5.41, 5.74) is 0. The Balaban J connectivity index is 2.75. The number of aromatic nitrogens is 4. The molecule has 2 rings (SSSR count). The van der Waals surface area contributed by atoms with Crippen LogP contribution in [0.5, 0.6) is 0 Å². The first-order valence-electron chi connectivity index (χ1n) is 3.32. The minimum absolute atomic E-state index is 0.227. The lowest BCUT2D eigenvalue weighted by Gasteiger charge is -1.91. The van der Waals surface area contributed by atoms with Crippen LogP contribution < -0.4 is 0 Å². The third-order valence-corrected chi connectivity index (χ3v) is 1.75. The monoisotopic (exact) mass is 196 g/mol. The first-order chi connectivity index (χ1) is 6.18. The topological polar surface area (TPSA) is 80.4 Å². The van der Waals surface area contributed by atoms with Crippen LogP contribution in [0, 0.1) is 0 Å². The Bertz CT molecular complexity index is 480. The summed E-state index contributed by atoms with van der Waals surface area (Å²) in [5.74, 6) is -1.24. The van der Waals surface area contributed by atoms with Gasteiger partial charge >= 0.3 is 5.97 Å². The molecule has 0 fully saturated rings. The first-order valence-corrected chi connectivity index (χ1v) is 3.77. The molecule has 0 aliphatic heterocycles. The van der Waals surface area contributed by atoms with Gasteiger partial charge < -0.3 is 5.11 Å². The molecule has 0 unspecified atom stereocenters. The maximum Gasteiger partial charge on any atom is 0.375 e. The Kier molecular flexibility index (Phi) is 1.66. The number of aromatic carboxylic acids is 1. The summed E-state index contributed by atoms with van der Waals surface area (Å²) < 4.78 is 1.26. The second-order valence-electron chi connectivity index (χ2n) is 2.26. The van der Waals surface area contributed by atoms with Crippen molar-refractivity contribution in [3.8, 4) is 0 Å². The Morgan fingerprint density at radius 1 is 1.62 bits per heavy atom. The van der Waals surface area contributed by atoms with Crippen molar-refractivity contribution in [2.75, 3.05) is 0 Å². The molecule has 0 spiro atoms. The fourth-order valence-electron chi connectivity index (χ4n) is 0.873. The number of carboxylic acid groups (broad SMARTS) is 1. The van der Waals surface area contributed by atoms with E-state index in [1.165, 1.54) is 10.7 Å². The molecule has 66 valence electrons. The molecule has 0 saturated carbocycles. The summed E-state index contributed by atoms with van der Waals surface area (Å²) in [7, 11) is 0. The summed E-state index contributed by atoms with van der Waals surface area (Å²) in [6.07, 6.45) is 1.48. The largest absolute Gasteiger partial charge is 0.475 e. The molecule has 0 radical (unpaired) electrons. The molecular weight excluding hydrogens is 192 g/mol. The van der Waals surface area contributed by atoms with Gasteiger partial charge in [-0.1, -0.05) is 0 Å². The van der Waals surface area contributed by atoms with Gasteiger partial charge in [0.2, 0.25) is 0 Å². The van der Waals surface area contributed by atoms with E-state index in [0.29, 0.717) is 5.03 Å². The average molecular weight is 196 g/mol. The van der Waals surface area contributed by atoms with Crippen LogP contribution >= 0.6 is 12.6 Å². The highest BCUT2D eigenvalue weighted by molar-refractivity contribution is 7.80. The molecule has 1 N–H and O–H groups in total. The molecule has 0 aromatic carbocycles. The van der Waals surface area contributed by atoms with E-state index < -0.39 is 5.97 Å².